The Labute approximate surface area is 167 Å². The minimum atomic E-state index is -4.66. The maximum atomic E-state index is 14.4. The highest BCUT2D eigenvalue weighted by Crippen LogP contribution is 2.37. The van der Waals surface area contributed by atoms with E-state index in [0.717, 1.165) is 12.1 Å². The lowest BCUT2D eigenvalue weighted by Crippen LogP contribution is -2.08. The van der Waals surface area contributed by atoms with Gasteiger partial charge in [0.1, 0.15) is 23.0 Å². The summed E-state index contributed by atoms with van der Waals surface area (Å²) < 4.78 is 52.7. The first-order valence-corrected chi connectivity index (χ1v) is 8.55. The molecule has 2 aromatic carbocycles. The molecular formula is C18H12Cl2F4N4. The van der Waals surface area contributed by atoms with Crippen LogP contribution in [0.25, 0.3) is 11.3 Å². The van der Waals surface area contributed by atoms with Gasteiger partial charge in [-0.15, -0.1) is 0 Å². The van der Waals surface area contributed by atoms with Crippen molar-refractivity contribution in [3.05, 3.63) is 63.6 Å². The summed E-state index contributed by atoms with van der Waals surface area (Å²) in [7, 11) is 0. The highest BCUT2D eigenvalue weighted by molar-refractivity contribution is 6.36. The third kappa shape index (κ3) is 4.13. The number of nitrogens with zero attached hydrogens (tertiary/aromatic N) is 2. The molecule has 3 aromatic rings. The second-order valence-corrected chi connectivity index (χ2v) is 6.67. The van der Waals surface area contributed by atoms with E-state index in [1.807, 2.05) is 0 Å². The van der Waals surface area contributed by atoms with Gasteiger partial charge in [0, 0.05) is 10.6 Å². The molecular weight excluding hydrogens is 419 g/mol. The van der Waals surface area contributed by atoms with Crippen molar-refractivity contribution in [3.63, 3.8) is 0 Å². The first-order chi connectivity index (χ1) is 13.1. The lowest BCUT2D eigenvalue weighted by molar-refractivity contribution is -0.137. The molecule has 0 aliphatic rings. The normalized spacial score (nSPS) is 11.5. The Kier molecular flexibility index (Phi) is 5.36. The van der Waals surface area contributed by atoms with Gasteiger partial charge in [-0.2, -0.15) is 13.2 Å². The Balaban J connectivity index is 2.06. The lowest BCUT2D eigenvalue weighted by Gasteiger charge is -2.15. The van der Waals surface area contributed by atoms with Gasteiger partial charge in [0.25, 0.3) is 0 Å². The van der Waals surface area contributed by atoms with Crippen LogP contribution in [-0.2, 0) is 6.18 Å². The Hall–Kier alpha value is -2.58. The van der Waals surface area contributed by atoms with Crippen LogP contribution < -0.4 is 11.1 Å². The maximum absolute atomic E-state index is 14.4. The Bertz CT molecular complexity index is 1050. The molecule has 146 valence electrons. The number of hydrogen-bond donors (Lipinski definition) is 2. The molecule has 28 heavy (non-hydrogen) atoms. The fourth-order valence-corrected chi connectivity index (χ4v) is 2.94. The van der Waals surface area contributed by atoms with Crippen molar-refractivity contribution in [2.24, 2.45) is 0 Å². The zero-order chi connectivity index (χ0) is 20.6. The summed E-state index contributed by atoms with van der Waals surface area (Å²) in [5.74, 6) is -0.739. The smallest absolute Gasteiger partial charge is 0.394 e. The molecule has 0 spiro atoms. The highest BCUT2D eigenvalue weighted by Gasteiger charge is 2.31. The molecule has 0 aliphatic carbocycles. The van der Waals surface area contributed by atoms with E-state index in [0.29, 0.717) is 21.8 Å². The molecule has 0 bridgehead atoms. The Morgan fingerprint density at radius 1 is 1.04 bits per heavy atom. The largest absolute Gasteiger partial charge is 0.416 e. The van der Waals surface area contributed by atoms with Crippen LogP contribution in [0.15, 0.2) is 36.4 Å². The maximum Gasteiger partial charge on any atom is 0.416 e. The molecule has 0 amide bonds. The number of nitrogens with two attached hydrogens (primary N) is 1. The van der Waals surface area contributed by atoms with Crippen molar-refractivity contribution in [3.8, 4) is 11.3 Å². The van der Waals surface area contributed by atoms with Gasteiger partial charge in [-0.3, -0.25) is 0 Å². The van der Waals surface area contributed by atoms with Gasteiger partial charge in [0.05, 0.1) is 16.3 Å². The van der Waals surface area contributed by atoms with Crippen molar-refractivity contribution in [2.75, 3.05) is 11.1 Å². The van der Waals surface area contributed by atoms with Crippen molar-refractivity contribution < 1.29 is 17.6 Å². The number of nitrogen functional groups attached to an aromatic ring is 1. The summed E-state index contributed by atoms with van der Waals surface area (Å²) >= 11 is 12.0. The first kappa shape index (κ1) is 20.2. The fourth-order valence-electron chi connectivity index (χ4n) is 2.48. The fraction of sp³-hybridized carbons (Fsp3) is 0.111. The average Bonchev–Trinajstić information content (AvgIpc) is 2.59. The SMILES string of the molecule is Cc1nc(Nc2ccc(Cl)cc2Cl)c(N)c(-c2ccc(C(F)(F)F)cc2F)n1. The van der Waals surface area contributed by atoms with E-state index in [-0.39, 0.29) is 28.6 Å². The minimum Gasteiger partial charge on any atom is -0.394 e. The van der Waals surface area contributed by atoms with Crippen molar-refractivity contribution in [1.82, 2.24) is 9.97 Å². The number of aryl methyl sites for hydroxylation is 1. The Morgan fingerprint density at radius 3 is 2.36 bits per heavy atom. The van der Waals surface area contributed by atoms with Crippen molar-refractivity contribution in [1.29, 1.82) is 0 Å². The minimum absolute atomic E-state index is 0.0358. The summed E-state index contributed by atoms with van der Waals surface area (Å²) in [6.07, 6.45) is -4.66. The van der Waals surface area contributed by atoms with Gasteiger partial charge in [0.15, 0.2) is 5.82 Å². The number of aromatic nitrogens is 2. The summed E-state index contributed by atoms with van der Waals surface area (Å²) in [4.78, 5) is 8.25. The van der Waals surface area contributed by atoms with Gasteiger partial charge in [-0.25, -0.2) is 14.4 Å². The molecule has 0 unspecified atom stereocenters. The van der Waals surface area contributed by atoms with E-state index < -0.39 is 17.6 Å². The number of benzene rings is 2. The van der Waals surface area contributed by atoms with Gasteiger partial charge in [-0.05, 0) is 43.3 Å². The van der Waals surface area contributed by atoms with Crippen LogP contribution in [0.1, 0.15) is 11.4 Å². The van der Waals surface area contributed by atoms with Gasteiger partial charge >= 0.3 is 6.18 Å². The number of alkyl halides is 3. The van der Waals surface area contributed by atoms with Crippen LogP contribution in [0.2, 0.25) is 10.0 Å². The van der Waals surface area contributed by atoms with Crippen LogP contribution in [0, 0.1) is 12.7 Å². The molecule has 1 aromatic heterocycles. The second kappa shape index (κ2) is 7.44. The zero-order valence-corrected chi connectivity index (χ0v) is 15.7. The number of hydrogen-bond acceptors (Lipinski definition) is 4. The van der Waals surface area contributed by atoms with E-state index in [2.05, 4.69) is 15.3 Å². The molecule has 3 N–H and O–H groups in total. The van der Waals surface area contributed by atoms with E-state index in [1.165, 1.54) is 6.07 Å². The summed E-state index contributed by atoms with van der Waals surface area (Å²) in [5.41, 5.74) is 5.13. The number of nitrogens with one attached hydrogen (secondary N) is 1. The summed E-state index contributed by atoms with van der Waals surface area (Å²) in [5, 5.41) is 3.63. The monoisotopic (exact) mass is 430 g/mol. The third-order valence-electron chi connectivity index (χ3n) is 3.79. The predicted molar refractivity (Wildman–Crippen MR) is 101 cm³/mol. The highest BCUT2D eigenvalue weighted by atomic mass is 35.5. The van der Waals surface area contributed by atoms with Crippen LogP contribution >= 0.6 is 23.2 Å². The Morgan fingerprint density at radius 2 is 1.75 bits per heavy atom. The molecule has 3 rings (SSSR count). The quantitative estimate of drug-likeness (QED) is 0.482. The average molecular weight is 431 g/mol. The summed E-state index contributed by atoms with van der Waals surface area (Å²) in [6.45, 7) is 1.54. The summed E-state index contributed by atoms with van der Waals surface area (Å²) in [6, 6.07) is 6.84. The molecule has 0 saturated carbocycles. The standard InChI is InChI=1S/C18H12Cl2F4N4/c1-8-26-16(11-4-2-9(6-13(11)21)18(22,23)24)15(25)17(27-8)28-14-5-3-10(19)7-12(14)20/h2-7H,25H2,1H3,(H,26,27,28). The number of halogens is 6. The molecule has 0 atom stereocenters. The lowest BCUT2D eigenvalue weighted by atomic mass is 10.1. The number of rotatable bonds is 3. The van der Waals surface area contributed by atoms with Gasteiger partial charge in [-0.1, -0.05) is 23.2 Å². The third-order valence-corrected chi connectivity index (χ3v) is 4.34. The van der Waals surface area contributed by atoms with E-state index >= 15 is 0 Å². The molecule has 0 fully saturated rings. The van der Waals surface area contributed by atoms with Crippen molar-refractivity contribution >= 4 is 40.4 Å². The molecule has 0 radical (unpaired) electrons. The molecule has 0 aliphatic heterocycles. The number of anilines is 3. The zero-order valence-electron chi connectivity index (χ0n) is 14.2. The van der Waals surface area contributed by atoms with E-state index in [1.54, 1.807) is 19.1 Å². The second-order valence-electron chi connectivity index (χ2n) is 5.82. The molecule has 10 heteroatoms. The van der Waals surface area contributed by atoms with Gasteiger partial charge < -0.3 is 11.1 Å². The molecule has 1 heterocycles. The van der Waals surface area contributed by atoms with E-state index in [4.69, 9.17) is 28.9 Å². The first-order valence-electron chi connectivity index (χ1n) is 7.79. The van der Waals surface area contributed by atoms with Crippen LogP contribution in [-0.4, -0.2) is 9.97 Å². The van der Waals surface area contributed by atoms with Crippen LogP contribution in [0.3, 0.4) is 0 Å². The van der Waals surface area contributed by atoms with Crippen LogP contribution in [0.4, 0.5) is 34.8 Å². The van der Waals surface area contributed by atoms with Crippen molar-refractivity contribution in [2.45, 2.75) is 13.1 Å². The van der Waals surface area contributed by atoms with Gasteiger partial charge in [0.2, 0.25) is 0 Å². The van der Waals surface area contributed by atoms with E-state index in [9.17, 15) is 17.6 Å². The molecule has 4 nitrogen and oxygen atoms in total. The topological polar surface area (TPSA) is 63.8 Å². The predicted octanol–water partition coefficient (Wildman–Crippen LogP) is 6.24. The van der Waals surface area contributed by atoms with Crippen LogP contribution in [0.5, 0.6) is 0 Å². The molecule has 0 saturated heterocycles.